The predicted octanol–water partition coefficient (Wildman–Crippen LogP) is -0.673. The van der Waals surface area contributed by atoms with Gasteiger partial charge in [-0.05, 0) is 19.9 Å². The van der Waals surface area contributed by atoms with Crippen LogP contribution in [0.4, 0.5) is 0 Å². The van der Waals surface area contributed by atoms with Gasteiger partial charge in [0.25, 0.3) is 0 Å². The number of rotatable bonds is 5. The summed E-state index contributed by atoms with van der Waals surface area (Å²) < 4.78 is 4.53. The Morgan fingerprint density at radius 1 is 1.59 bits per heavy atom. The van der Waals surface area contributed by atoms with Gasteiger partial charge in [-0.3, -0.25) is 9.59 Å². The summed E-state index contributed by atoms with van der Waals surface area (Å²) >= 11 is 0. The second-order valence-corrected chi connectivity index (χ2v) is 4.00. The molecule has 1 heterocycles. The van der Waals surface area contributed by atoms with E-state index in [4.69, 9.17) is 0 Å². The van der Waals surface area contributed by atoms with Gasteiger partial charge in [-0.25, -0.2) is 0 Å². The number of esters is 1. The summed E-state index contributed by atoms with van der Waals surface area (Å²) in [5, 5.41) is 2.78. The van der Waals surface area contributed by atoms with Gasteiger partial charge in [-0.1, -0.05) is 0 Å². The van der Waals surface area contributed by atoms with Gasteiger partial charge in [-0.2, -0.15) is 0 Å². The molecule has 2 atom stereocenters. The number of nitrogens with one attached hydrogen (secondary N) is 1. The van der Waals surface area contributed by atoms with Gasteiger partial charge in [0.2, 0.25) is 5.91 Å². The molecule has 6 heteroatoms. The SMILES string of the molecule is CNC(CC(=O)OC)C(=O)N1CCCC1C=O. The maximum Gasteiger partial charge on any atom is 0.307 e. The van der Waals surface area contributed by atoms with Crippen LogP contribution in [-0.2, 0) is 19.1 Å². The molecule has 1 rings (SSSR count). The van der Waals surface area contributed by atoms with Gasteiger partial charge in [0, 0.05) is 6.54 Å². The van der Waals surface area contributed by atoms with Crippen molar-refractivity contribution in [3.8, 4) is 0 Å². The number of ether oxygens (including phenoxy) is 1. The predicted molar refractivity (Wildman–Crippen MR) is 60.3 cm³/mol. The highest BCUT2D eigenvalue weighted by Crippen LogP contribution is 2.17. The molecule has 0 aromatic heterocycles. The van der Waals surface area contributed by atoms with Crippen LogP contribution in [0.25, 0.3) is 0 Å². The number of amides is 1. The third kappa shape index (κ3) is 3.26. The van der Waals surface area contributed by atoms with E-state index in [0.717, 1.165) is 12.7 Å². The summed E-state index contributed by atoms with van der Waals surface area (Å²) in [6.45, 7) is 0.571. The second-order valence-electron chi connectivity index (χ2n) is 4.00. The van der Waals surface area contributed by atoms with E-state index in [-0.39, 0.29) is 18.4 Å². The summed E-state index contributed by atoms with van der Waals surface area (Å²) in [4.78, 5) is 35.6. The van der Waals surface area contributed by atoms with E-state index < -0.39 is 12.0 Å². The van der Waals surface area contributed by atoms with Crippen molar-refractivity contribution in [3.05, 3.63) is 0 Å². The first kappa shape index (κ1) is 13.6. The van der Waals surface area contributed by atoms with Gasteiger partial charge >= 0.3 is 5.97 Å². The van der Waals surface area contributed by atoms with Crippen LogP contribution in [0.2, 0.25) is 0 Å². The lowest BCUT2D eigenvalue weighted by atomic mass is 10.1. The number of carbonyl (C=O) groups excluding carboxylic acids is 3. The quantitative estimate of drug-likeness (QED) is 0.511. The minimum absolute atomic E-state index is 0.0199. The largest absolute Gasteiger partial charge is 0.469 e. The molecule has 1 fully saturated rings. The topological polar surface area (TPSA) is 75.7 Å². The Morgan fingerprint density at radius 2 is 2.29 bits per heavy atom. The molecule has 6 nitrogen and oxygen atoms in total. The highest BCUT2D eigenvalue weighted by Gasteiger charge is 2.33. The van der Waals surface area contributed by atoms with Crippen LogP contribution in [-0.4, -0.2) is 55.8 Å². The number of hydrogen-bond donors (Lipinski definition) is 1. The minimum atomic E-state index is -0.622. The number of nitrogens with zero attached hydrogens (tertiary/aromatic N) is 1. The number of hydrogen-bond acceptors (Lipinski definition) is 5. The summed E-state index contributed by atoms with van der Waals surface area (Å²) in [5.74, 6) is -0.660. The number of likely N-dealkylation sites (N-methyl/N-ethyl adjacent to an activating group) is 1. The molecule has 96 valence electrons. The average Bonchev–Trinajstić information content (AvgIpc) is 2.82. The minimum Gasteiger partial charge on any atom is -0.469 e. The lowest BCUT2D eigenvalue weighted by Gasteiger charge is -2.25. The summed E-state index contributed by atoms with van der Waals surface area (Å²) in [6.07, 6.45) is 2.29. The molecule has 0 saturated carbocycles. The van der Waals surface area contributed by atoms with Crippen LogP contribution in [0.15, 0.2) is 0 Å². The molecule has 1 amide bonds. The van der Waals surface area contributed by atoms with Gasteiger partial charge in [0.1, 0.15) is 6.29 Å². The molecule has 0 aromatic rings. The first-order valence-electron chi connectivity index (χ1n) is 5.64. The van der Waals surface area contributed by atoms with E-state index in [1.807, 2.05) is 0 Å². The monoisotopic (exact) mass is 242 g/mol. The third-order valence-electron chi connectivity index (χ3n) is 2.98. The van der Waals surface area contributed by atoms with Crippen molar-refractivity contribution in [2.24, 2.45) is 0 Å². The summed E-state index contributed by atoms with van der Waals surface area (Å²) in [6, 6.07) is -0.973. The Bertz CT molecular complexity index is 306. The van der Waals surface area contributed by atoms with Gasteiger partial charge < -0.3 is 19.7 Å². The van der Waals surface area contributed by atoms with Crippen molar-refractivity contribution in [2.45, 2.75) is 31.3 Å². The zero-order valence-corrected chi connectivity index (χ0v) is 10.1. The molecule has 1 N–H and O–H groups in total. The Balaban J connectivity index is 2.65. The van der Waals surface area contributed by atoms with E-state index >= 15 is 0 Å². The molecule has 0 radical (unpaired) electrons. The molecule has 2 unspecified atom stereocenters. The normalized spacial score (nSPS) is 21.1. The van der Waals surface area contributed by atoms with Crippen LogP contribution in [0.5, 0.6) is 0 Å². The number of carbonyl (C=O) groups is 3. The maximum atomic E-state index is 12.1. The van der Waals surface area contributed by atoms with Crippen LogP contribution in [0, 0.1) is 0 Å². The summed E-state index contributed by atoms with van der Waals surface area (Å²) in [7, 11) is 2.89. The summed E-state index contributed by atoms with van der Waals surface area (Å²) in [5.41, 5.74) is 0. The van der Waals surface area contributed by atoms with Gasteiger partial charge in [0.15, 0.2) is 0 Å². The third-order valence-corrected chi connectivity index (χ3v) is 2.98. The van der Waals surface area contributed by atoms with Gasteiger partial charge in [0.05, 0.1) is 25.6 Å². The average molecular weight is 242 g/mol. The van der Waals surface area contributed by atoms with Crippen molar-refractivity contribution in [1.29, 1.82) is 0 Å². The lowest BCUT2D eigenvalue weighted by molar-refractivity contribution is -0.145. The van der Waals surface area contributed by atoms with Crippen molar-refractivity contribution < 1.29 is 19.1 Å². The first-order chi connectivity index (χ1) is 8.13. The van der Waals surface area contributed by atoms with E-state index in [1.165, 1.54) is 12.0 Å². The Morgan fingerprint density at radius 3 is 2.82 bits per heavy atom. The Labute approximate surface area is 100 Å². The van der Waals surface area contributed by atoms with E-state index in [1.54, 1.807) is 7.05 Å². The zero-order chi connectivity index (χ0) is 12.8. The lowest BCUT2D eigenvalue weighted by Crippen LogP contribution is -2.48. The fourth-order valence-electron chi connectivity index (χ4n) is 1.97. The van der Waals surface area contributed by atoms with Crippen LogP contribution in [0.3, 0.4) is 0 Å². The number of likely N-dealkylation sites (tertiary alicyclic amines) is 1. The van der Waals surface area contributed by atoms with Gasteiger partial charge in [-0.15, -0.1) is 0 Å². The Kier molecular flexibility index (Phi) is 5.09. The van der Waals surface area contributed by atoms with Crippen molar-refractivity contribution >= 4 is 18.2 Å². The number of aldehydes is 1. The fraction of sp³-hybridized carbons (Fsp3) is 0.727. The van der Waals surface area contributed by atoms with E-state index in [9.17, 15) is 14.4 Å². The highest BCUT2D eigenvalue weighted by atomic mass is 16.5. The zero-order valence-electron chi connectivity index (χ0n) is 10.1. The maximum absolute atomic E-state index is 12.1. The van der Waals surface area contributed by atoms with Crippen LogP contribution in [0.1, 0.15) is 19.3 Å². The standard InChI is InChI=1S/C11H18N2O4/c1-12-9(6-10(15)17-2)11(16)13-5-3-4-8(13)7-14/h7-9,12H,3-6H2,1-2H3. The van der Waals surface area contributed by atoms with Crippen LogP contribution >= 0.6 is 0 Å². The molecule has 0 aromatic carbocycles. The molecule has 17 heavy (non-hydrogen) atoms. The molecule has 0 aliphatic carbocycles. The number of methoxy groups -OCH3 is 1. The van der Waals surface area contributed by atoms with Crippen molar-refractivity contribution in [1.82, 2.24) is 10.2 Å². The molecule has 1 saturated heterocycles. The van der Waals surface area contributed by atoms with Crippen molar-refractivity contribution in [3.63, 3.8) is 0 Å². The smallest absolute Gasteiger partial charge is 0.307 e. The molecule has 0 bridgehead atoms. The first-order valence-corrected chi connectivity index (χ1v) is 5.64. The Hall–Kier alpha value is -1.43. The van der Waals surface area contributed by atoms with Crippen LogP contribution < -0.4 is 5.32 Å². The van der Waals surface area contributed by atoms with E-state index in [0.29, 0.717) is 13.0 Å². The fourth-order valence-corrected chi connectivity index (χ4v) is 1.97. The highest BCUT2D eigenvalue weighted by molar-refractivity contribution is 5.88. The molecular weight excluding hydrogens is 224 g/mol. The molecule has 1 aliphatic heterocycles. The molecule has 0 spiro atoms. The molecule has 1 aliphatic rings. The second kappa shape index (κ2) is 6.34. The van der Waals surface area contributed by atoms with Crippen molar-refractivity contribution in [2.75, 3.05) is 20.7 Å². The molecular formula is C11H18N2O4. The van der Waals surface area contributed by atoms with E-state index in [2.05, 4.69) is 10.1 Å².